The molecule has 0 saturated heterocycles. The lowest BCUT2D eigenvalue weighted by Crippen LogP contribution is -2.46. The summed E-state index contributed by atoms with van der Waals surface area (Å²) in [6.45, 7) is 7.91. The number of benzene rings is 2. The maximum absolute atomic E-state index is 12.3. The van der Waals surface area contributed by atoms with Crippen LogP contribution in [0.3, 0.4) is 0 Å². The molecule has 0 bridgehead atoms. The van der Waals surface area contributed by atoms with Crippen molar-refractivity contribution in [3.8, 4) is 17.2 Å². The van der Waals surface area contributed by atoms with Gasteiger partial charge in [-0.05, 0) is 52.0 Å². The molecule has 0 saturated carbocycles. The molecule has 0 spiro atoms. The Morgan fingerprint density at radius 3 is 2.20 bits per heavy atom. The normalized spacial score (nSPS) is 10.5. The largest absolute Gasteiger partial charge is 0.493 e. The molecule has 0 atom stereocenters. The molecular weight excluding hydrogens is 386 g/mol. The first-order valence-corrected chi connectivity index (χ1v) is 9.73. The molecule has 0 aromatic heterocycles. The topological polar surface area (TPSA) is 97.9 Å². The molecule has 0 aliphatic heterocycles. The highest BCUT2D eigenvalue weighted by molar-refractivity contribution is 5.95. The molecule has 0 heterocycles. The van der Waals surface area contributed by atoms with E-state index in [0.717, 1.165) is 5.56 Å². The maximum atomic E-state index is 12.3. The second kappa shape index (κ2) is 10.9. The molecule has 8 heteroatoms. The number of amides is 3. The zero-order chi connectivity index (χ0) is 22.1. The summed E-state index contributed by atoms with van der Waals surface area (Å²) in [5.74, 6) is 1.19. The molecule has 0 aliphatic carbocycles. The number of carbonyl (C=O) groups is 2. The van der Waals surface area contributed by atoms with Gasteiger partial charge in [0.05, 0.1) is 19.3 Å². The lowest BCUT2D eigenvalue weighted by molar-refractivity contribution is 0.0935. The Morgan fingerprint density at radius 1 is 0.867 bits per heavy atom. The van der Waals surface area contributed by atoms with Gasteiger partial charge in [-0.15, -0.1) is 0 Å². The second-order valence-electron chi connectivity index (χ2n) is 7.07. The summed E-state index contributed by atoms with van der Waals surface area (Å²) in [5.41, 5.74) is 5.85. The van der Waals surface area contributed by atoms with Gasteiger partial charge in [-0.3, -0.25) is 10.2 Å². The van der Waals surface area contributed by atoms with Crippen molar-refractivity contribution in [1.82, 2.24) is 16.2 Å². The van der Waals surface area contributed by atoms with Crippen LogP contribution in [0.1, 0.15) is 43.6 Å². The number of hydrogen-bond donors (Lipinski definition) is 3. The van der Waals surface area contributed by atoms with E-state index in [-0.39, 0.29) is 18.8 Å². The number of carbonyl (C=O) groups excluding carboxylic acids is 2. The van der Waals surface area contributed by atoms with E-state index in [9.17, 15) is 9.59 Å². The first-order chi connectivity index (χ1) is 14.3. The number of para-hydroxylation sites is 1. The first kappa shape index (κ1) is 22.9. The van der Waals surface area contributed by atoms with Crippen LogP contribution in [0.4, 0.5) is 4.79 Å². The van der Waals surface area contributed by atoms with Gasteiger partial charge < -0.3 is 19.5 Å². The highest BCUT2D eigenvalue weighted by atomic mass is 16.5. The van der Waals surface area contributed by atoms with Crippen molar-refractivity contribution >= 4 is 11.9 Å². The average molecular weight is 415 g/mol. The molecule has 0 radical (unpaired) electrons. The van der Waals surface area contributed by atoms with E-state index in [1.165, 1.54) is 7.11 Å². The quantitative estimate of drug-likeness (QED) is 0.574. The number of nitrogens with one attached hydrogen (secondary N) is 3. The molecule has 0 unspecified atom stereocenters. The van der Waals surface area contributed by atoms with Crippen LogP contribution in [-0.2, 0) is 6.54 Å². The van der Waals surface area contributed by atoms with Crippen molar-refractivity contribution in [2.45, 2.75) is 46.4 Å². The van der Waals surface area contributed by atoms with Gasteiger partial charge in [0.15, 0.2) is 11.5 Å². The predicted octanol–water partition coefficient (Wildman–Crippen LogP) is 3.41. The fourth-order valence-corrected chi connectivity index (χ4v) is 2.58. The molecule has 2 aromatic rings. The predicted molar refractivity (Wildman–Crippen MR) is 114 cm³/mol. The van der Waals surface area contributed by atoms with E-state index in [1.54, 1.807) is 18.2 Å². The maximum Gasteiger partial charge on any atom is 0.333 e. The average Bonchev–Trinajstić information content (AvgIpc) is 2.70. The van der Waals surface area contributed by atoms with E-state index in [1.807, 2.05) is 52.0 Å². The molecule has 8 nitrogen and oxygen atoms in total. The van der Waals surface area contributed by atoms with Crippen LogP contribution in [0, 0.1) is 0 Å². The number of methoxy groups -OCH3 is 1. The van der Waals surface area contributed by atoms with Gasteiger partial charge in [-0.2, -0.15) is 0 Å². The Labute approximate surface area is 176 Å². The minimum Gasteiger partial charge on any atom is -0.493 e. The van der Waals surface area contributed by atoms with Gasteiger partial charge in [0.1, 0.15) is 5.75 Å². The van der Waals surface area contributed by atoms with Crippen LogP contribution < -0.4 is 30.4 Å². The van der Waals surface area contributed by atoms with E-state index in [0.29, 0.717) is 22.8 Å². The Kier molecular flexibility index (Phi) is 8.34. The van der Waals surface area contributed by atoms with Gasteiger partial charge in [0.25, 0.3) is 5.91 Å². The summed E-state index contributed by atoms with van der Waals surface area (Å²) in [7, 11) is 1.50. The molecule has 0 aliphatic rings. The number of ether oxygens (including phenoxy) is 3. The number of hydrazine groups is 1. The Hall–Kier alpha value is -3.42. The lowest BCUT2D eigenvalue weighted by atomic mass is 10.2. The van der Waals surface area contributed by atoms with E-state index in [2.05, 4.69) is 16.2 Å². The van der Waals surface area contributed by atoms with Crippen LogP contribution in [0.5, 0.6) is 17.2 Å². The van der Waals surface area contributed by atoms with Crippen LogP contribution in [0.25, 0.3) is 0 Å². The minimum atomic E-state index is -0.547. The summed E-state index contributed by atoms with van der Waals surface area (Å²) in [6.07, 6.45) is -0.00593. The van der Waals surface area contributed by atoms with Crippen molar-refractivity contribution < 1.29 is 23.8 Å². The zero-order valence-corrected chi connectivity index (χ0v) is 17.9. The molecule has 2 rings (SSSR count). The third kappa shape index (κ3) is 6.88. The second-order valence-corrected chi connectivity index (χ2v) is 7.07. The SMILES string of the molecule is COc1cc(C(=O)NNC(=O)NCc2ccccc2OC(C)C)ccc1OC(C)C. The van der Waals surface area contributed by atoms with E-state index in [4.69, 9.17) is 14.2 Å². The van der Waals surface area contributed by atoms with Crippen molar-refractivity contribution in [2.75, 3.05) is 7.11 Å². The van der Waals surface area contributed by atoms with Crippen LogP contribution in [0.2, 0.25) is 0 Å². The van der Waals surface area contributed by atoms with Crippen molar-refractivity contribution in [3.63, 3.8) is 0 Å². The van der Waals surface area contributed by atoms with E-state index < -0.39 is 11.9 Å². The van der Waals surface area contributed by atoms with E-state index >= 15 is 0 Å². The zero-order valence-electron chi connectivity index (χ0n) is 17.9. The fraction of sp³-hybridized carbons (Fsp3) is 0.364. The monoisotopic (exact) mass is 415 g/mol. The molecule has 162 valence electrons. The van der Waals surface area contributed by atoms with Crippen molar-refractivity contribution in [2.24, 2.45) is 0 Å². The minimum absolute atomic E-state index is 0.0218. The van der Waals surface area contributed by atoms with Gasteiger partial charge >= 0.3 is 6.03 Å². The van der Waals surface area contributed by atoms with Crippen LogP contribution >= 0.6 is 0 Å². The Balaban J connectivity index is 1.90. The van der Waals surface area contributed by atoms with Crippen LogP contribution in [-0.4, -0.2) is 31.3 Å². The van der Waals surface area contributed by atoms with Gasteiger partial charge in [-0.25, -0.2) is 10.2 Å². The molecular formula is C22H29N3O5. The lowest BCUT2D eigenvalue weighted by Gasteiger charge is -2.15. The summed E-state index contributed by atoms with van der Waals surface area (Å²) >= 11 is 0. The summed E-state index contributed by atoms with van der Waals surface area (Å²) < 4.78 is 16.6. The standard InChI is InChI=1S/C22H29N3O5/c1-14(2)29-18-9-7-6-8-17(18)13-23-22(27)25-24-21(26)16-10-11-19(30-15(3)4)20(12-16)28-5/h6-12,14-15H,13H2,1-5H3,(H,24,26)(H2,23,25,27). The Morgan fingerprint density at radius 2 is 1.53 bits per heavy atom. The Bertz CT molecular complexity index is 868. The molecule has 3 amide bonds. The summed E-state index contributed by atoms with van der Waals surface area (Å²) in [6, 6.07) is 11.7. The highest BCUT2D eigenvalue weighted by Crippen LogP contribution is 2.28. The third-order valence-corrected chi connectivity index (χ3v) is 3.85. The molecule has 30 heavy (non-hydrogen) atoms. The van der Waals surface area contributed by atoms with Crippen LogP contribution in [0.15, 0.2) is 42.5 Å². The molecule has 3 N–H and O–H groups in total. The molecule has 2 aromatic carbocycles. The smallest absolute Gasteiger partial charge is 0.333 e. The summed E-state index contributed by atoms with van der Waals surface area (Å²) in [5, 5.41) is 2.68. The highest BCUT2D eigenvalue weighted by Gasteiger charge is 2.13. The van der Waals surface area contributed by atoms with Crippen molar-refractivity contribution in [3.05, 3.63) is 53.6 Å². The van der Waals surface area contributed by atoms with Gasteiger partial charge in [0.2, 0.25) is 0 Å². The molecule has 0 fully saturated rings. The number of rotatable bonds is 8. The third-order valence-electron chi connectivity index (χ3n) is 3.85. The van der Waals surface area contributed by atoms with Crippen molar-refractivity contribution in [1.29, 1.82) is 0 Å². The first-order valence-electron chi connectivity index (χ1n) is 9.73. The van der Waals surface area contributed by atoms with Gasteiger partial charge in [-0.1, -0.05) is 18.2 Å². The van der Waals surface area contributed by atoms with Gasteiger partial charge in [0, 0.05) is 17.7 Å². The summed E-state index contributed by atoms with van der Waals surface area (Å²) in [4.78, 5) is 24.4. The fourth-order valence-electron chi connectivity index (χ4n) is 2.58. The number of urea groups is 1. The number of hydrogen-bond acceptors (Lipinski definition) is 5.